The lowest BCUT2D eigenvalue weighted by Crippen LogP contribution is -2.40. The summed E-state index contributed by atoms with van der Waals surface area (Å²) >= 11 is 0. The number of aromatic nitrogens is 1. The molecule has 0 N–H and O–H groups in total. The third-order valence-electron chi connectivity index (χ3n) is 7.03. The number of carbonyl (C=O) groups is 1. The Kier molecular flexibility index (Phi) is 7.50. The quantitative estimate of drug-likeness (QED) is 0.522. The average Bonchev–Trinajstić information content (AvgIpc) is 2.91. The van der Waals surface area contributed by atoms with Gasteiger partial charge in [-0.3, -0.25) is 14.7 Å². The molecule has 1 amide bonds. The van der Waals surface area contributed by atoms with Crippen LogP contribution in [0.3, 0.4) is 0 Å². The fourth-order valence-corrected chi connectivity index (χ4v) is 5.10. The zero-order valence-corrected chi connectivity index (χ0v) is 20.0. The number of rotatable bonds is 6. The highest BCUT2D eigenvalue weighted by molar-refractivity contribution is 5.95. The van der Waals surface area contributed by atoms with Crippen molar-refractivity contribution in [1.82, 2.24) is 14.8 Å². The summed E-state index contributed by atoms with van der Waals surface area (Å²) in [6.07, 6.45) is 2.40. The second-order valence-corrected chi connectivity index (χ2v) is 9.46. The van der Waals surface area contributed by atoms with Gasteiger partial charge in [-0.05, 0) is 48.2 Å². The number of likely N-dealkylation sites (tertiary alicyclic amines) is 1. The summed E-state index contributed by atoms with van der Waals surface area (Å²) in [7, 11) is 0. The van der Waals surface area contributed by atoms with Gasteiger partial charge in [0.25, 0.3) is 5.91 Å². The summed E-state index contributed by atoms with van der Waals surface area (Å²) in [4.78, 5) is 22.8. The van der Waals surface area contributed by atoms with E-state index in [0.717, 1.165) is 74.7 Å². The predicted octanol–water partition coefficient (Wildman–Crippen LogP) is 4.66. The van der Waals surface area contributed by atoms with Crippen LogP contribution < -0.4 is 0 Å². The van der Waals surface area contributed by atoms with Gasteiger partial charge in [0.2, 0.25) is 0 Å². The van der Waals surface area contributed by atoms with Gasteiger partial charge in [-0.2, -0.15) is 0 Å². The fourth-order valence-electron chi connectivity index (χ4n) is 5.10. The van der Waals surface area contributed by atoms with E-state index in [2.05, 4.69) is 11.0 Å². The second-order valence-electron chi connectivity index (χ2n) is 9.46. The zero-order valence-electron chi connectivity index (χ0n) is 20.0. The number of hydrogen-bond acceptors (Lipinski definition) is 4. The summed E-state index contributed by atoms with van der Waals surface area (Å²) in [5.74, 6) is 0.0747. The van der Waals surface area contributed by atoms with Gasteiger partial charge >= 0.3 is 0 Å². The van der Waals surface area contributed by atoms with Crippen molar-refractivity contribution in [3.63, 3.8) is 0 Å². The molecule has 5 rings (SSSR count). The monoisotopic (exact) mass is 473 g/mol. The Balaban J connectivity index is 1.29. The molecule has 1 unspecified atom stereocenters. The lowest BCUT2D eigenvalue weighted by Gasteiger charge is -2.33. The predicted molar refractivity (Wildman–Crippen MR) is 134 cm³/mol. The molecule has 2 saturated heterocycles. The van der Waals surface area contributed by atoms with Crippen molar-refractivity contribution in [3.8, 4) is 0 Å². The second kappa shape index (κ2) is 11.1. The molecule has 5 nitrogen and oxygen atoms in total. The minimum Gasteiger partial charge on any atom is -0.379 e. The molecule has 3 heterocycles. The normalized spacial score (nSPS) is 19.0. The van der Waals surface area contributed by atoms with Crippen LogP contribution in [0, 0.1) is 5.82 Å². The highest BCUT2D eigenvalue weighted by Gasteiger charge is 2.28. The van der Waals surface area contributed by atoms with E-state index in [4.69, 9.17) is 9.72 Å². The molecule has 182 valence electrons. The Labute approximate surface area is 206 Å². The Morgan fingerprint density at radius 3 is 2.54 bits per heavy atom. The van der Waals surface area contributed by atoms with Crippen molar-refractivity contribution in [1.29, 1.82) is 0 Å². The van der Waals surface area contributed by atoms with Crippen LogP contribution in [0.5, 0.6) is 0 Å². The summed E-state index contributed by atoms with van der Waals surface area (Å²) in [5, 5.41) is 0. The number of pyridine rings is 1. The number of ether oxygens (including phenoxy) is 1. The number of hydrogen-bond donors (Lipinski definition) is 0. The van der Waals surface area contributed by atoms with E-state index >= 15 is 0 Å². The van der Waals surface area contributed by atoms with E-state index < -0.39 is 0 Å². The minimum atomic E-state index is -0.204. The smallest absolute Gasteiger partial charge is 0.254 e. The van der Waals surface area contributed by atoms with Crippen LogP contribution in [-0.2, 0) is 17.7 Å². The van der Waals surface area contributed by atoms with Crippen molar-refractivity contribution in [2.45, 2.75) is 31.7 Å². The van der Waals surface area contributed by atoms with Gasteiger partial charge < -0.3 is 9.64 Å². The molecule has 1 aromatic heterocycles. The first kappa shape index (κ1) is 23.6. The van der Waals surface area contributed by atoms with Crippen LogP contribution in [-0.4, -0.2) is 60.1 Å². The summed E-state index contributed by atoms with van der Waals surface area (Å²) in [6, 6.07) is 20.8. The minimum absolute atomic E-state index is 0.0982. The maximum absolute atomic E-state index is 14.1. The molecule has 6 heteroatoms. The van der Waals surface area contributed by atoms with E-state index in [1.807, 2.05) is 47.4 Å². The third kappa shape index (κ3) is 5.77. The molecule has 0 bridgehead atoms. The van der Waals surface area contributed by atoms with Gasteiger partial charge in [0, 0.05) is 62.0 Å². The molecule has 3 aromatic rings. The third-order valence-corrected chi connectivity index (χ3v) is 7.03. The number of carbonyl (C=O) groups excluding carboxylic acids is 1. The highest BCUT2D eigenvalue weighted by Crippen LogP contribution is 2.28. The number of morpholine rings is 1. The van der Waals surface area contributed by atoms with Crippen molar-refractivity contribution in [2.24, 2.45) is 0 Å². The Morgan fingerprint density at radius 2 is 1.71 bits per heavy atom. The number of nitrogens with zero attached hydrogens (tertiary/aromatic N) is 3. The van der Waals surface area contributed by atoms with Crippen molar-refractivity contribution in [2.75, 3.05) is 39.4 Å². The van der Waals surface area contributed by atoms with Gasteiger partial charge in [-0.1, -0.05) is 42.5 Å². The zero-order chi connectivity index (χ0) is 24.0. The average molecular weight is 474 g/mol. The van der Waals surface area contributed by atoms with Crippen LogP contribution in [0.1, 0.15) is 51.6 Å². The molecular formula is C29H32FN3O2. The van der Waals surface area contributed by atoms with Crippen LogP contribution in [0.25, 0.3) is 0 Å². The summed E-state index contributed by atoms with van der Waals surface area (Å²) < 4.78 is 19.6. The van der Waals surface area contributed by atoms with E-state index in [1.165, 1.54) is 6.07 Å². The van der Waals surface area contributed by atoms with E-state index in [0.29, 0.717) is 18.5 Å². The van der Waals surface area contributed by atoms with Crippen LogP contribution in [0.4, 0.5) is 4.39 Å². The van der Waals surface area contributed by atoms with Crippen LogP contribution in [0.15, 0.2) is 66.7 Å². The first-order valence-corrected chi connectivity index (χ1v) is 12.5. The van der Waals surface area contributed by atoms with Gasteiger partial charge in [0.1, 0.15) is 5.82 Å². The molecule has 2 fully saturated rings. The topological polar surface area (TPSA) is 45.7 Å². The van der Waals surface area contributed by atoms with E-state index in [1.54, 1.807) is 12.1 Å². The molecule has 0 spiro atoms. The fraction of sp³-hybridized carbons (Fsp3) is 0.379. The van der Waals surface area contributed by atoms with Gasteiger partial charge in [0.15, 0.2) is 0 Å². The van der Waals surface area contributed by atoms with Gasteiger partial charge in [0.05, 0.1) is 13.2 Å². The van der Waals surface area contributed by atoms with Crippen molar-refractivity contribution >= 4 is 5.91 Å². The molecule has 2 aromatic carbocycles. The Bertz CT molecular complexity index is 1160. The van der Waals surface area contributed by atoms with Gasteiger partial charge in [-0.15, -0.1) is 0 Å². The first-order chi connectivity index (χ1) is 17.2. The van der Waals surface area contributed by atoms with Crippen LogP contribution >= 0.6 is 0 Å². The molecule has 2 aliphatic rings. The Hall–Kier alpha value is -3.09. The molecule has 0 radical (unpaired) electrons. The lowest BCUT2D eigenvalue weighted by atomic mass is 9.93. The molecular weight excluding hydrogens is 441 g/mol. The number of halogens is 1. The molecule has 35 heavy (non-hydrogen) atoms. The number of piperidine rings is 1. The maximum atomic E-state index is 14.1. The maximum Gasteiger partial charge on any atom is 0.254 e. The summed E-state index contributed by atoms with van der Waals surface area (Å²) in [6.45, 7) is 5.45. The Morgan fingerprint density at radius 1 is 0.943 bits per heavy atom. The summed E-state index contributed by atoms with van der Waals surface area (Å²) in [5.41, 5.74) is 4.35. The molecule has 0 aliphatic carbocycles. The first-order valence-electron chi connectivity index (χ1n) is 12.5. The molecule has 1 atom stereocenters. The van der Waals surface area contributed by atoms with Crippen LogP contribution in [0.2, 0.25) is 0 Å². The number of benzene rings is 2. The molecule has 2 aliphatic heterocycles. The van der Waals surface area contributed by atoms with E-state index in [-0.39, 0.29) is 17.6 Å². The van der Waals surface area contributed by atoms with Gasteiger partial charge in [-0.25, -0.2) is 4.39 Å². The SMILES string of the molecule is O=C(c1ccccc1CN1CCOCC1)N1CCCC(c2cccc(Cc3ccccc3F)n2)C1. The number of amides is 1. The largest absolute Gasteiger partial charge is 0.379 e. The van der Waals surface area contributed by atoms with E-state index in [9.17, 15) is 9.18 Å². The van der Waals surface area contributed by atoms with Crippen molar-refractivity contribution < 1.29 is 13.9 Å². The highest BCUT2D eigenvalue weighted by atomic mass is 19.1. The van der Waals surface area contributed by atoms with Crippen molar-refractivity contribution in [3.05, 3.63) is 101 Å². The molecule has 0 saturated carbocycles. The lowest BCUT2D eigenvalue weighted by molar-refractivity contribution is 0.0339. The standard InChI is InChI=1S/C29H32FN3O2/c30-27-12-4-2-7-22(27)19-25-10-5-13-28(31-25)24-9-6-14-33(21-24)29(34)26-11-3-1-8-23(26)20-32-15-17-35-18-16-32/h1-5,7-8,10-13,24H,6,9,14-21H2.